The number of benzene rings is 2. The normalized spacial score (nSPS) is 10.5. The van der Waals surface area contributed by atoms with Crippen LogP contribution in [0.5, 0.6) is 5.75 Å². The smallest absolute Gasteiger partial charge is 0.124 e. The van der Waals surface area contributed by atoms with Gasteiger partial charge in [-0.05, 0) is 48.4 Å². The molecular formula is C15H15BrFNO. The van der Waals surface area contributed by atoms with Gasteiger partial charge in [-0.3, -0.25) is 0 Å². The third kappa shape index (κ3) is 3.55. The highest BCUT2D eigenvalue weighted by Gasteiger charge is 2.06. The van der Waals surface area contributed by atoms with E-state index in [-0.39, 0.29) is 5.82 Å². The third-order valence-corrected chi connectivity index (χ3v) is 3.43. The summed E-state index contributed by atoms with van der Waals surface area (Å²) in [6.45, 7) is 2.67. The lowest BCUT2D eigenvalue weighted by atomic mass is 10.1. The zero-order chi connectivity index (χ0) is 13.8. The topological polar surface area (TPSA) is 35.2 Å². The molecule has 0 saturated carbocycles. The molecule has 0 fully saturated rings. The van der Waals surface area contributed by atoms with Gasteiger partial charge in [0.05, 0.1) is 0 Å². The number of hydrogen-bond acceptors (Lipinski definition) is 2. The van der Waals surface area contributed by atoms with Gasteiger partial charge in [0.2, 0.25) is 0 Å². The summed E-state index contributed by atoms with van der Waals surface area (Å²) in [4.78, 5) is 0. The Morgan fingerprint density at radius 1 is 1.16 bits per heavy atom. The van der Waals surface area contributed by atoms with Gasteiger partial charge in [-0.25, -0.2) is 4.39 Å². The van der Waals surface area contributed by atoms with Crippen molar-refractivity contribution in [1.82, 2.24) is 0 Å². The first kappa shape index (κ1) is 14.0. The van der Waals surface area contributed by atoms with E-state index in [0.717, 1.165) is 26.9 Å². The lowest BCUT2D eigenvalue weighted by molar-refractivity contribution is 0.301. The van der Waals surface area contributed by atoms with Crippen molar-refractivity contribution in [3.63, 3.8) is 0 Å². The Kier molecular flexibility index (Phi) is 4.56. The molecular weight excluding hydrogens is 309 g/mol. The Labute approximate surface area is 120 Å². The molecule has 4 heteroatoms. The van der Waals surface area contributed by atoms with Crippen LogP contribution in [-0.4, -0.2) is 0 Å². The summed E-state index contributed by atoms with van der Waals surface area (Å²) in [5.41, 5.74) is 8.45. The predicted octanol–water partition coefficient (Wildman–Crippen LogP) is 3.93. The molecule has 0 unspecified atom stereocenters. The molecule has 0 amide bonds. The number of rotatable bonds is 4. The van der Waals surface area contributed by atoms with E-state index in [4.69, 9.17) is 10.5 Å². The van der Waals surface area contributed by atoms with Crippen LogP contribution in [0.4, 0.5) is 4.39 Å². The number of ether oxygens (including phenoxy) is 1. The SMILES string of the molecule is Cc1ccc(F)cc1COc1ccc(Br)cc1CN. The molecule has 19 heavy (non-hydrogen) atoms. The van der Waals surface area contributed by atoms with E-state index in [1.807, 2.05) is 25.1 Å². The third-order valence-electron chi connectivity index (χ3n) is 2.94. The Morgan fingerprint density at radius 2 is 1.95 bits per heavy atom. The highest BCUT2D eigenvalue weighted by Crippen LogP contribution is 2.24. The molecule has 2 rings (SSSR count). The molecule has 0 aliphatic heterocycles. The van der Waals surface area contributed by atoms with Gasteiger partial charge in [0, 0.05) is 16.6 Å². The molecule has 0 spiro atoms. The van der Waals surface area contributed by atoms with Crippen molar-refractivity contribution < 1.29 is 9.13 Å². The quantitative estimate of drug-likeness (QED) is 0.925. The molecule has 0 heterocycles. The van der Waals surface area contributed by atoms with Gasteiger partial charge < -0.3 is 10.5 Å². The van der Waals surface area contributed by atoms with Gasteiger partial charge in [-0.15, -0.1) is 0 Å². The number of nitrogens with two attached hydrogens (primary N) is 1. The monoisotopic (exact) mass is 323 g/mol. The van der Waals surface area contributed by atoms with E-state index >= 15 is 0 Å². The second kappa shape index (κ2) is 6.17. The minimum atomic E-state index is -0.251. The second-order valence-corrected chi connectivity index (χ2v) is 5.23. The molecule has 0 saturated heterocycles. The Hall–Kier alpha value is -1.39. The van der Waals surface area contributed by atoms with Gasteiger partial charge in [-0.1, -0.05) is 22.0 Å². The van der Waals surface area contributed by atoms with Crippen LogP contribution in [-0.2, 0) is 13.2 Å². The van der Waals surface area contributed by atoms with E-state index < -0.39 is 0 Å². The van der Waals surface area contributed by atoms with Crippen molar-refractivity contribution in [1.29, 1.82) is 0 Å². The Morgan fingerprint density at radius 3 is 2.68 bits per heavy atom. The molecule has 0 aliphatic rings. The molecule has 0 radical (unpaired) electrons. The van der Waals surface area contributed by atoms with Gasteiger partial charge in [0.1, 0.15) is 18.2 Å². The van der Waals surface area contributed by atoms with E-state index in [2.05, 4.69) is 15.9 Å². The summed E-state index contributed by atoms with van der Waals surface area (Å²) < 4.78 is 19.9. The summed E-state index contributed by atoms with van der Waals surface area (Å²) in [7, 11) is 0. The molecule has 100 valence electrons. The van der Waals surface area contributed by atoms with Crippen LogP contribution in [0.2, 0.25) is 0 Å². The number of hydrogen-bond donors (Lipinski definition) is 1. The molecule has 2 nitrogen and oxygen atoms in total. The van der Waals surface area contributed by atoms with Gasteiger partial charge in [0.15, 0.2) is 0 Å². The maximum Gasteiger partial charge on any atom is 0.124 e. The van der Waals surface area contributed by atoms with Crippen LogP contribution in [0.15, 0.2) is 40.9 Å². The van der Waals surface area contributed by atoms with Crippen molar-refractivity contribution in [2.45, 2.75) is 20.1 Å². The molecule has 0 aromatic heterocycles. The minimum Gasteiger partial charge on any atom is -0.489 e. The van der Waals surface area contributed by atoms with Crippen LogP contribution in [0.3, 0.4) is 0 Å². The predicted molar refractivity (Wildman–Crippen MR) is 77.5 cm³/mol. The highest BCUT2D eigenvalue weighted by molar-refractivity contribution is 9.10. The molecule has 2 aromatic rings. The van der Waals surface area contributed by atoms with Crippen molar-refractivity contribution in [3.8, 4) is 5.75 Å². The van der Waals surface area contributed by atoms with Crippen molar-refractivity contribution in [2.75, 3.05) is 0 Å². The molecule has 0 aliphatic carbocycles. The number of aryl methyl sites for hydroxylation is 1. The minimum absolute atomic E-state index is 0.251. The summed E-state index contributed by atoms with van der Waals surface area (Å²) in [6, 6.07) is 10.4. The maximum atomic E-state index is 13.2. The standard InChI is InChI=1S/C15H15BrFNO/c1-10-2-4-14(17)7-12(10)9-19-15-5-3-13(16)6-11(15)8-18/h2-7H,8-9,18H2,1H3. The first-order valence-electron chi connectivity index (χ1n) is 5.96. The highest BCUT2D eigenvalue weighted by atomic mass is 79.9. The van der Waals surface area contributed by atoms with Gasteiger partial charge in [-0.2, -0.15) is 0 Å². The summed E-state index contributed by atoms with van der Waals surface area (Å²) in [5.74, 6) is 0.480. The average Bonchev–Trinajstić information content (AvgIpc) is 2.40. The van der Waals surface area contributed by atoms with Gasteiger partial charge >= 0.3 is 0 Å². The van der Waals surface area contributed by atoms with E-state index in [9.17, 15) is 4.39 Å². The van der Waals surface area contributed by atoms with E-state index in [0.29, 0.717) is 13.2 Å². The molecule has 0 atom stereocenters. The molecule has 2 N–H and O–H groups in total. The zero-order valence-electron chi connectivity index (χ0n) is 10.6. The van der Waals surface area contributed by atoms with Gasteiger partial charge in [0.25, 0.3) is 0 Å². The van der Waals surface area contributed by atoms with Crippen LogP contribution in [0, 0.1) is 12.7 Å². The summed E-state index contributed by atoms with van der Waals surface area (Å²) in [5, 5.41) is 0. The number of halogens is 2. The van der Waals surface area contributed by atoms with Crippen LogP contribution in [0.25, 0.3) is 0 Å². The van der Waals surface area contributed by atoms with E-state index in [1.54, 1.807) is 6.07 Å². The Balaban J connectivity index is 2.16. The average molecular weight is 324 g/mol. The summed E-state index contributed by atoms with van der Waals surface area (Å²) in [6.07, 6.45) is 0. The molecule has 2 aromatic carbocycles. The first-order valence-corrected chi connectivity index (χ1v) is 6.76. The van der Waals surface area contributed by atoms with Crippen molar-refractivity contribution in [2.24, 2.45) is 5.73 Å². The molecule has 0 bridgehead atoms. The van der Waals surface area contributed by atoms with Crippen LogP contribution in [0.1, 0.15) is 16.7 Å². The second-order valence-electron chi connectivity index (χ2n) is 4.32. The van der Waals surface area contributed by atoms with Crippen LogP contribution < -0.4 is 10.5 Å². The fraction of sp³-hybridized carbons (Fsp3) is 0.200. The van der Waals surface area contributed by atoms with Crippen molar-refractivity contribution in [3.05, 3.63) is 63.4 Å². The summed E-state index contributed by atoms with van der Waals surface area (Å²) >= 11 is 3.39. The van der Waals surface area contributed by atoms with Crippen LogP contribution >= 0.6 is 15.9 Å². The fourth-order valence-corrected chi connectivity index (χ4v) is 2.21. The Bertz CT molecular complexity index is 586. The first-order chi connectivity index (χ1) is 9.10. The lowest BCUT2D eigenvalue weighted by Crippen LogP contribution is -2.04. The van der Waals surface area contributed by atoms with Crippen molar-refractivity contribution >= 4 is 15.9 Å². The lowest BCUT2D eigenvalue weighted by Gasteiger charge is -2.12. The van der Waals surface area contributed by atoms with E-state index in [1.165, 1.54) is 12.1 Å². The fourth-order valence-electron chi connectivity index (χ4n) is 1.80. The largest absolute Gasteiger partial charge is 0.489 e. The zero-order valence-corrected chi connectivity index (χ0v) is 12.2. The maximum absolute atomic E-state index is 13.2.